The predicted octanol–water partition coefficient (Wildman–Crippen LogP) is 4.69. The minimum atomic E-state index is 0.589. The summed E-state index contributed by atoms with van der Waals surface area (Å²) in [5.41, 5.74) is 2.89. The fraction of sp³-hybridized carbons (Fsp3) is 0.150. The van der Waals surface area contributed by atoms with Gasteiger partial charge in [0.1, 0.15) is 11.5 Å². The zero-order chi connectivity index (χ0) is 17.4. The van der Waals surface area contributed by atoms with Crippen LogP contribution in [0.2, 0.25) is 5.02 Å². The van der Waals surface area contributed by atoms with Gasteiger partial charge in [0.05, 0.1) is 12.6 Å². The molecule has 0 amide bonds. The third kappa shape index (κ3) is 2.79. The standard InChI is InChI=1S/C20H18ClN3O/c1-14-23(17-6-4-3-5-7-17)10-11-24(14)19-13-15-12-16(21)8-9-18(15)22-20(19)25-2/h3-9,12-13H,1,10-11H2,2H3. The van der Waals surface area contributed by atoms with E-state index in [1.54, 1.807) is 7.11 Å². The van der Waals surface area contributed by atoms with Crippen molar-refractivity contribution in [1.82, 2.24) is 4.98 Å². The molecule has 3 aromatic rings. The van der Waals surface area contributed by atoms with E-state index >= 15 is 0 Å². The van der Waals surface area contributed by atoms with Gasteiger partial charge >= 0.3 is 0 Å². The van der Waals surface area contributed by atoms with Gasteiger partial charge in [0.15, 0.2) is 0 Å². The lowest BCUT2D eigenvalue weighted by molar-refractivity contribution is 0.400. The van der Waals surface area contributed by atoms with Gasteiger partial charge in [-0.25, -0.2) is 4.98 Å². The monoisotopic (exact) mass is 351 g/mol. The molecule has 0 bridgehead atoms. The highest BCUT2D eigenvalue weighted by atomic mass is 35.5. The Hall–Kier alpha value is -2.72. The molecule has 1 fully saturated rings. The third-order valence-electron chi connectivity index (χ3n) is 4.45. The molecule has 1 saturated heterocycles. The van der Waals surface area contributed by atoms with Crippen LogP contribution in [0.15, 0.2) is 67.0 Å². The molecule has 0 radical (unpaired) electrons. The van der Waals surface area contributed by atoms with Crippen molar-refractivity contribution in [2.45, 2.75) is 0 Å². The summed E-state index contributed by atoms with van der Waals surface area (Å²) in [5, 5.41) is 1.67. The molecule has 0 unspecified atom stereocenters. The fourth-order valence-electron chi connectivity index (χ4n) is 3.21. The molecule has 0 atom stereocenters. The molecular weight excluding hydrogens is 334 g/mol. The number of nitrogens with zero attached hydrogens (tertiary/aromatic N) is 3. The number of rotatable bonds is 3. The number of pyridine rings is 1. The van der Waals surface area contributed by atoms with Crippen LogP contribution >= 0.6 is 11.6 Å². The van der Waals surface area contributed by atoms with Crippen LogP contribution in [0.4, 0.5) is 11.4 Å². The van der Waals surface area contributed by atoms with Gasteiger partial charge in [-0.2, -0.15) is 0 Å². The molecule has 5 heteroatoms. The minimum absolute atomic E-state index is 0.589. The van der Waals surface area contributed by atoms with E-state index < -0.39 is 0 Å². The number of ether oxygens (including phenoxy) is 1. The number of anilines is 2. The maximum Gasteiger partial charge on any atom is 0.238 e. The summed E-state index contributed by atoms with van der Waals surface area (Å²) in [7, 11) is 1.64. The van der Waals surface area contributed by atoms with Crippen LogP contribution in [0.5, 0.6) is 5.88 Å². The molecule has 2 heterocycles. The summed E-state index contributed by atoms with van der Waals surface area (Å²) < 4.78 is 5.54. The van der Waals surface area contributed by atoms with Crippen LogP contribution in [0.25, 0.3) is 10.9 Å². The maximum absolute atomic E-state index is 6.14. The van der Waals surface area contributed by atoms with E-state index in [1.165, 1.54) is 0 Å². The molecule has 126 valence electrons. The second-order valence-corrected chi connectivity index (χ2v) is 6.35. The largest absolute Gasteiger partial charge is 0.479 e. The Kier molecular flexibility index (Phi) is 3.98. The number of hydrogen-bond donors (Lipinski definition) is 0. The van der Waals surface area contributed by atoms with Gasteiger partial charge in [-0.1, -0.05) is 36.4 Å². The molecule has 2 aromatic carbocycles. The average molecular weight is 352 g/mol. The molecule has 1 aliphatic heterocycles. The fourth-order valence-corrected chi connectivity index (χ4v) is 3.39. The molecule has 1 aromatic heterocycles. The molecule has 4 nitrogen and oxygen atoms in total. The highest BCUT2D eigenvalue weighted by Crippen LogP contribution is 2.37. The lowest BCUT2D eigenvalue weighted by Crippen LogP contribution is -2.22. The van der Waals surface area contributed by atoms with Crippen LogP contribution in [-0.2, 0) is 0 Å². The average Bonchev–Trinajstić information content (AvgIpc) is 3.02. The number of hydrogen-bond acceptors (Lipinski definition) is 4. The summed E-state index contributed by atoms with van der Waals surface area (Å²) >= 11 is 6.14. The van der Waals surface area contributed by atoms with Gasteiger partial charge in [-0.15, -0.1) is 0 Å². The zero-order valence-corrected chi connectivity index (χ0v) is 14.7. The number of halogens is 1. The van der Waals surface area contributed by atoms with Gasteiger partial charge in [0.25, 0.3) is 0 Å². The van der Waals surface area contributed by atoms with E-state index in [0.717, 1.165) is 41.2 Å². The maximum atomic E-state index is 6.14. The second-order valence-electron chi connectivity index (χ2n) is 5.91. The summed E-state index contributed by atoms with van der Waals surface area (Å²) in [6.07, 6.45) is 0. The lowest BCUT2D eigenvalue weighted by atomic mass is 10.2. The van der Waals surface area contributed by atoms with Crippen molar-refractivity contribution in [2.75, 3.05) is 30.0 Å². The molecule has 0 N–H and O–H groups in total. The van der Waals surface area contributed by atoms with E-state index in [0.29, 0.717) is 10.9 Å². The smallest absolute Gasteiger partial charge is 0.238 e. The molecule has 0 saturated carbocycles. The van der Waals surface area contributed by atoms with E-state index in [4.69, 9.17) is 16.3 Å². The topological polar surface area (TPSA) is 28.6 Å². The molecular formula is C20H18ClN3O. The Morgan fingerprint density at radius 3 is 2.56 bits per heavy atom. The predicted molar refractivity (Wildman–Crippen MR) is 104 cm³/mol. The Balaban J connectivity index is 1.75. The van der Waals surface area contributed by atoms with Crippen molar-refractivity contribution in [1.29, 1.82) is 0 Å². The Bertz CT molecular complexity index is 942. The van der Waals surface area contributed by atoms with E-state index in [1.807, 2.05) is 36.4 Å². The SMILES string of the molecule is C=C1N(c2ccccc2)CCN1c1cc2cc(Cl)ccc2nc1OC. The normalized spacial score (nSPS) is 14.4. The number of benzene rings is 2. The van der Waals surface area contributed by atoms with Gasteiger partial charge < -0.3 is 14.5 Å². The molecule has 0 aliphatic carbocycles. The van der Waals surface area contributed by atoms with E-state index in [-0.39, 0.29) is 0 Å². The number of methoxy groups -OCH3 is 1. The van der Waals surface area contributed by atoms with Crippen LogP contribution < -0.4 is 14.5 Å². The molecule has 0 spiro atoms. The lowest BCUT2D eigenvalue weighted by Gasteiger charge is -2.25. The minimum Gasteiger partial charge on any atom is -0.479 e. The number of fused-ring (bicyclic) bond motifs is 1. The zero-order valence-electron chi connectivity index (χ0n) is 13.9. The van der Waals surface area contributed by atoms with Crippen LogP contribution in [0.3, 0.4) is 0 Å². The molecule has 25 heavy (non-hydrogen) atoms. The number of aromatic nitrogens is 1. The Labute approximate surface area is 151 Å². The summed E-state index contributed by atoms with van der Waals surface area (Å²) in [6.45, 7) is 5.96. The Morgan fingerprint density at radius 1 is 1.04 bits per heavy atom. The van der Waals surface area contributed by atoms with Crippen molar-refractivity contribution >= 4 is 33.9 Å². The first-order valence-electron chi connectivity index (χ1n) is 8.11. The number of para-hydroxylation sites is 1. The van der Waals surface area contributed by atoms with E-state index in [2.05, 4.69) is 39.6 Å². The first-order chi connectivity index (χ1) is 12.2. The van der Waals surface area contributed by atoms with Crippen molar-refractivity contribution in [3.63, 3.8) is 0 Å². The first kappa shape index (κ1) is 15.8. The van der Waals surface area contributed by atoms with Gasteiger partial charge in [0, 0.05) is 29.2 Å². The summed E-state index contributed by atoms with van der Waals surface area (Å²) in [4.78, 5) is 8.96. The highest BCUT2D eigenvalue weighted by Gasteiger charge is 2.28. The first-order valence-corrected chi connectivity index (χ1v) is 8.48. The molecule has 4 rings (SSSR count). The van der Waals surface area contributed by atoms with Crippen LogP contribution in [0, 0.1) is 0 Å². The second kappa shape index (κ2) is 6.30. The van der Waals surface area contributed by atoms with Crippen molar-refractivity contribution < 1.29 is 4.74 Å². The highest BCUT2D eigenvalue weighted by molar-refractivity contribution is 6.31. The van der Waals surface area contributed by atoms with Crippen LogP contribution in [0.1, 0.15) is 0 Å². The van der Waals surface area contributed by atoms with Crippen molar-refractivity contribution in [3.05, 3.63) is 72.0 Å². The van der Waals surface area contributed by atoms with Gasteiger partial charge in [-0.05, 0) is 36.4 Å². The quantitative estimate of drug-likeness (QED) is 0.684. The van der Waals surface area contributed by atoms with Crippen LogP contribution in [-0.4, -0.2) is 25.2 Å². The van der Waals surface area contributed by atoms with Crippen molar-refractivity contribution in [2.24, 2.45) is 0 Å². The van der Waals surface area contributed by atoms with Crippen molar-refractivity contribution in [3.8, 4) is 5.88 Å². The third-order valence-corrected chi connectivity index (χ3v) is 4.68. The van der Waals surface area contributed by atoms with Gasteiger partial charge in [-0.3, -0.25) is 0 Å². The van der Waals surface area contributed by atoms with Gasteiger partial charge in [0.2, 0.25) is 5.88 Å². The summed E-state index contributed by atoms with van der Waals surface area (Å²) in [5.74, 6) is 1.50. The summed E-state index contributed by atoms with van der Waals surface area (Å²) in [6, 6.07) is 18.0. The Morgan fingerprint density at radius 2 is 1.80 bits per heavy atom. The molecule has 1 aliphatic rings. The van der Waals surface area contributed by atoms with E-state index in [9.17, 15) is 0 Å².